The summed E-state index contributed by atoms with van der Waals surface area (Å²) >= 11 is 5.71. The van der Waals surface area contributed by atoms with Crippen molar-refractivity contribution < 1.29 is 13.2 Å². The van der Waals surface area contributed by atoms with Crippen LogP contribution in [0, 0.1) is 6.92 Å². The number of nitrogens with two attached hydrogens (primary N) is 1. The quantitative estimate of drug-likeness (QED) is 0.872. The zero-order chi connectivity index (χ0) is 12.3. The molecule has 0 fully saturated rings. The average Bonchev–Trinajstić information content (AvgIpc) is 2.17. The molecule has 0 bridgehead atoms. The predicted octanol–water partition coefficient (Wildman–Crippen LogP) is 3.64. The smallest absolute Gasteiger partial charge is 0.330 e. The van der Waals surface area contributed by atoms with Gasteiger partial charge in [-0.25, -0.2) is 0 Å². The first kappa shape index (κ1) is 13.3. The van der Waals surface area contributed by atoms with Crippen molar-refractivity contribution in [1.29, 1.82) is 0 Å². The molecule has 1 rings (SSSR count). The van der Waals surface area contributed by atoms with Gasteiger partial charge in [0.2, 0.25) is 0 Å². The maximum Gasteiger partial charge on any atom is 0.395 e. The Balaban J connectivity index is 3.15. The molecule has 0 radical (unpaired) electrons. The molecule has 0 aliphatic carbocycles. The van der Waals surface area contributed by atoms with Gasteiger partial charge in [0.1, 0.15) is 0 Å². The van der Waals surface area contributed by atoms with Gasteiger partial charge in [0.15, 0.2) is 0 Å². The van der Waals surface area contributed by atoms with Crippen LogP contribution < -0.4 is 5.73 Å². The molecule has 0 spiro atoms. The lowest BCUT2D eigenvalue weighted by molar-refractivity contribution is -0.151. The molecule has 16 heavy (non-hydrogen) atoms. The van der Waals surface area contributed by atoms with E-state index < -0.39 is 12.1 Å². The van der Waals surface area contributed by atoms with E-state index in [1.165, 1.54) is 6.07 Å². The second kappa shape index (κ2) is 5.06. The molecule has 90 valence electrons. The zero-order valence-electron chi connectivity index (χ0n) is 8.81. The number of aryl methyl sites for hydroxylation is 1. The molecule has 0 amide bonds. The van der Waals surface area contributed by atoms with Gasteiger partial charge in [0.05, 0.1) is 5.92 Å². The van der Waals surface area contributed by atoms with E-state index in [9.17, 15) is 13.2 Å². The fourth-order valence-corrected chi connectivity index (χ4v) is 1.83. The highest BCUT2D eigenvalue weighted by molar-refractivity contribution is 6.30. The van der Waals surface area contributed by atoms with Crippen molar-refractivity contribution in [2.45, 2.75) is 25.4 Å². The van der Waals surface area contributed by atoms with E-state index in [1.54, 1.807) is 19.1 Å². The molecule has 1 aromatic carbocycles. The van der Waals surface area contributed by atoms with Gasteiger partial charge in [0.25, 0.3) is 0 Å². The minimum atomic E-state index is -4.28. The van der Waals surface area contributed by atoms with Gasteiger partial charge in [-0.05, 0) is 43.1 Å². The van der Waals surface area contributed by atoms with Crippen molar-refractivity contribution in [3.63, 3.8) is 0 Å². The lowest BCUT2D eigenvalue weighted by atomic mass is 9.91. The zero-order valence-corrected chi connectivity index (χ0v) is 9.57. The Hall–Kier alpha value is -0.740. The van der Waals surface area contributed by atoms with Gasteiger partial charge in [-0.15, -0.1) is 0 Å². The average molecular weight is 252 g/mol. The summed E-state index contributed by atoms with van der Waals surface area (Å²) in [7, 11) is 0. The number of halogens is 4. The van der Waals surface area contributed by atoms with Gasteiger partial charge in [-0.2, -0.15) is 13.2 Å². The molecule has 1 atom stereocenters. The van der Waals surface area contributed by atoms with E-state index in [0.717, 1.165) is 0 Å². The maximum absolute atomic E-state index is 12.8. The third-order valence-corrected chi connectivity index (χ3v) is 2.70. The van der Waals surface area contributed by atoms with E-state index in [1.807, 2.05) is 0 Å². The van der Waals surface area contributed by atoms with Crippen LogP contribution >= 0.6 is 11.6 Å². The predicted molar refractivity (Wildman–Crippen MR) is 58.7 cm³/mol. The fraction of sp³-hybridized carbons (Fsp3) is 0.455. The normalized spacial score (nSPS) is 13.9. The second-order valence-corrected chi connectivity index (χ2v) is 4.11. The Labute approximate surface area is 97.4 Å². The molecule has 1 aromatic rings. The molecule has 5 heteroatoms. The molecule has 2 N–H and O–H groups in total. The Morgan fingerprint density at radius 3 is 2.50 bits per heavy atom. The summed E-state index contributed by atoms with van der Waals surface area (Å²) in [5, 5.41) is 0.312. The largest absolute Gasteiger partial charge is 0.395 e. The number of alkyl halides is 3. The monoisotopic (exact) mass is 251 g/mol. The van der Waals surface area contributed by atoms with Crippen LogP contribution in [0.4, 0.5) is 13.2 Å². The Morgan fingerprint density at radius 1 is 1.38 bits per heavy atom. The lowest BCUT2D eigenvalue weighted by Gasteiger charge is -2.22. The highest BCUT2D eigenvalue weighted by atomic mass is 35.5. The third kappa shape index (κ3) is 3.12. The molecule has 1 nitrogen and oxygen atoms in total. The van der Waals surface area contributed by atoms with Gasteiger partial charge < -0.3 is 5.73 Å². The minimum absolute atomic E-state index is 0.00384. The molecule has 0 aromatic heterocycles. The van der Waals surface area contributed by atoms with Crippen LogP contribution in [0.5, 0.6) is 0 Å². The van der Waals surface area contributed by atoms with Crippen LogP contribution in [-0.4, -0.2) is 12.7 Å². The van der Waals surface area contributed by atoms with Gasteiger partial charge >= 0.3 is 6.18 Å². The first-order chi connectivity index (χ1) is 7.36. The summed E-state index contributed by atoms with van der Waals surface area (Å²) in [5.41, 5.74) is 6.02. The summed E-state index contributed by atoms with van der Waals surface area (Å²) in [6.45, 7) is 1.64. The van der Waals surface area contributed by atoms with Crippen LogP contribution in [-0.2, 0) is 0 Å². The van der Waals surface area contributed by atoms with Crippen LogP contribution in [0.2, 0.25) is 5.02 Å². The van der Waals surface area contributed by atoms with Gasteiger partial charge in [-0.3, -0.25) is 0 Å². The topological polar surface area (TPSA) is 26.0 Å². The molecule has 0 aliphatic heterocycles. The van der Waals surface area contributed by atoms with E-state index in [2.05, 4.69) is 0 Å². The first-order valence-corrected chi connectivity index (χ1v) is 5.27. The summed E-state index contributed by atoms with van der Waals surface area (Å²) in [4.78, 5) is 0. The molecule has 0 aliphatic rings. The van der Waals surface area contributed by atoms with E-state index >= 15 is 0 Å². The van der Waals surface area contributed by atoms with E-state index in [-0.39, 0.29) is 18.5 Å². The van der Waals surface area contributed by atoms with Crippen LogP contribution in [0.3, 0.4) is 0 Å². The first-order valence-electron chi connectivity index (χ1n) is 4.89. The van der Waals surface area contributed by atoms with E-state index in [4.69, 9.17) is 17.3 Å². The van der Waals surface area contributed by atoms with Crippen molar-refractivity contribution in [3.05, 3.63) is 34.3 Å². The maximum atomic E-state index is 12.8. The summed E-state index contributed by atoms with van der Waals surface area (Å²) in [6.07, 6.45) is -4.40. The van der Waals surface area contributed by atoms with Crippen LogP contribution in [0.25, 0.3) is 0 Å². The van der Waals surface area contributed by atoms with Crippen molar-refractivity contribution in [1.82, 2.24) is 0 Å². The number of benzene rings is 1. The van der Waals surface area contributed by atoms with Crippen molar-refractivity contribution in [2.24, 2.45) is 5.73 Å². The summed E-state index contributed by atoms with van der Waals surface area (Å²) in [6, 6.07) is 4.54. The fourth-order valence-electron chi connectivity index (χ4n) is 1.65. The minimum Gasteiger partial charge on any atom is -0.330 e. The van der Waals surface area contributed by atoms with E-state index in [0.29, 0.717) is 10.6 Å². The Kier molecular flexibility index (Phi) is 4.21. The Bertz CT molecular complexity index is 363. The third-order valence-electron chi connectivity index (χ3n) is 2.47. The number of hydrogen-bond donors (Lipinski definition) is 1. The van der Waals surface area contributed by atoms with Gasteiger partial charge in [-0.1, -0.05) is 17.7 Å². The Morgan fingerprint density at radius 2 is 2.00 bits per heavy atom. The van der Waals surface area contributed by atoms with Gasteiger partial charge in [0, 0.05) is 5.02 Å². The van der Waals surface area contributed by atoms with Crippen molar-refractivity contribution in [2.75, 3.05) is 6.54 Å². The summed E-state index contributed by atoms with van der Waals surface area (Å²) < 4.78 is 38.4. The summed E-state index contributed by atoms with van der Waals surface area (Å²) in [5.74, 6) is -1.53. The van der Waals surface area contributed by atoms with Crippen molar-refractivity contribution in [3.8, 4) is 0 Å². The molecular formula is C11H13ClF3N. The molecule has 0 saturated carbocycles. The standard InChI is InChI=1S/C11H13ClF3N/c1-7-2-3-8(12)6-9(7)10(4-5-16)11(13,14)15/h2-3,6,10H,4-5,16H2,1H3. The highest BCUT2D eigenvalue weighted by Gasteiger charge is 2.40. The van der Waals surface area contributed by atoms with Crippen LogP contribution in [0.15, 0.2) is 18.2 Å². The molecule has 1 unspecified atom stereocenters. The lowest BCUT2D eigenvalue weighted by Crippen LogP contribution is -2.24. The molecular weight excluding hydrogens is 239 g/mol. The highest BCUT2D eigenvalue weighted by Crippen LogP contribution is 2.39. The van der Waals surface area contributed by atoms with Crippen molar-refractivity contribution >= 4 is 11.6 Å². The second-order valence-electron chi connectivity index (χ2n) is 3.67. The number of hydrogen-bond acceptors (Lipinski definition) is 1. The van der Waals surface area contributed by atoms with Crippen LogP contribution in [0.1, 0.15) is 23.5 Å². The SMILES string of the molecule is Cc1ccc(Cl)cc1C(CCN)C(F)(F)F. The molecule has 0 heterocycles. The number of rotatable bonds is 3. The molecule has 0 saturated heterocycles.